The van der Waals surface area contributed by atoms with Crippen molar-refractivity contribution in [2.45, 2.75) is 6.04 Å². The van der Waals surface area contributed by atoms with Crippen LogP contribution in [0.2, 0.25) is 0 Å². The quantitative estimate of drug-likeness (QED) is 0.782. The monoisotopic (exact) mass is 268 g/mol. The maximum Gasteiger partial charge on any atom is 0.268 e. The Morgan fingerprint density at radius 3 is 2.75 bits per heavy atom. The van der Waals surface area contributed by atoms with Crippen LogP contribution in [-0.2, 0) is 4.79 Å². The predicted octanol–water partition coefficient (Wildman–Crippen LogP) is 2.96. The molecule has 2 aromatic carbocycles. The third kappa shape index (κ3) is 2.09. The number of hydrogen-bond donors (Lipinski definition) is 0. The average Bonchev–Trinajstić information content (AvgIpc) is 2.58. The second kappa shape index (κ2) is 4.89. The first-order valence-corrected chi connectivity index (χ1v) is 6.32. The van der Waals surface area contributed by atoms with Gasteiger partial charge in [-0.2, -0.15) is 0 Å². The average molecular weight is 268 g/mol. The molecule has 2 aromatic rings. The lowest BCUT2D eigenvalue weighted by Gasteiger charge is -2.19. The minimum absolute atomic E-state index is 0.184. The minimum Gasteiger partial charge on any atom is -0.310 e. The van der Waals surface area contributed by atoms with E-state index in [4.69, 9.17) is 0 Å². The first-order chi connectivity index (χ1) is 9.66. The zero-order valence-electron chi connectivity index (χ0n) is 11.0. The number of para-hydroxylation sites is 1. The van der Waals surface area contributed by atoms with E-state index in [1.165, 1.54) is 18.3 Å². The zero-order chi connectivity index (χ0) is 14.1. The molecule has 0 fully saturated rings. The van der Waals surface area contributed by atoms with E-state index < -0.39 is 0 Å². The third-order valence-electron chi connectivity index (χ3n) is 3.42. The summed E-state index contributed by atoms with van der Waals surface area (Å²) in [7, 11) is 1.71. The van der Waals surface area contributed by atoms with Crippen LogP contribution in [-0.4, -0.2) is 19.2 Å². The summed E-state index contributed by atoms with van der Waals surface area (Å²) >= 11 is 0. The molecule has 1 aliphatic heterocycles. The van der Waals surface area contributed by atoms with Crippen LogP contribution >= 0.6 is 0 Å². The van der Waals surface area contributed by atoms with Crippen molar-refractivity contribution in [1.82, 2.24) is 0 Å². The van der Waals surface area contributed by atoms with Gasteiger partial charge in [-0.15, -0.1) is 0 Å². The SMILES string of the molecule is CN1C(=O)C=NC(c2cccc(F)c2)c2ccccc21. The minimum atomic E-state index is -0.365. The van der Waals surface area contributed by atoms with Gasteiger partial charge in [0.25, 0.3) is 5.91 Å². The molecule has 0 radical (unpaired) electrons. The van der Waals surface area contributed by atoms with E-state index >= 15 is 0 Å². The Kier molecular flexibility index (Phi) is 3.06. The molecule has 20 heavy (non-hydrogen) atoms. The molecule has 0 aliphatic carbocycles. The molecule has 0 bridgehead atoms. The number of anilines is 1. The lowest BCUT2D eigenvalue weighted by atomic mass is 9.97. The van der Waals surface area contributed by atoms with E-state index in [1.807, 2.05) is 30.3 Å². The number of hydrogen-bond acceptors (Lipinski definition) is 2. The Bertz CT molecular complexity index is 696. The summed E-state index contributed by atoms with van der Waals surface area (Å²) in [5.41, 5.74) is 2.42. The maximum atomic E-state index is 13.4. The van der Waals surface area contributed by atoms with Gasteiger partial charge >= 0.3 is 0 Å². The van der Waals surface area contributed by atoms with Crippen LogP contribution in [0.15, 0.2) is 53.5 Å². The van der Waals surface area contributed by atoms with Gasteiger partial charge in [-0.1, -0.05) is 30.3 Å². The van der Waals surface area contributed by atoms with Crippen molar-refractivity contribution in [1.29, 1.82) is 0 Å². The highest BCUT2D eigenvalue weighted by Crippen LogP contribution is 2.34. The Morgan fingerprint density at radius 2 is 1.95 bits per heavy atom. The molecule has 0 saturated carbocycles. The number of halogens is 1. The Balaban J connectivity index is 2.18. The molecule has 1 heterocycles. The largest absolute Gasteiger partial charge is 0.310 e. The van der Waals surface area contributed by atoms with E-state index in [0.717, 1.165) is 16.8 Å². The van der Waals surface area contributed by atoms with E-state index in [-0.39, 0.29) is 17.8 Å². The number of carbonyl (C=O) groups excluding carboxylic acids is 1. The fourth-order valence-electron chi connectivity index (χ4n) is 2.39. The van der Waals surface area contributed by atoms with Crippen LogP contribution in [0.5, 0.6) is 0 Å². The highest BCUT2D eigenvalue weighted by molar-refractivity contribution is 6.33. The molecule has 4 heteroatoms. The number of amides is 1. The number of aliphatic imine (C=N–C) groups is 1. The van der Waals surface area contributed by atoms with E-state index in [2.05, 4.69) is 4.99 Å². The zero-order valence-corrected chi connectivity index (χ0v) is 11.0. The van der Waals surface area contributed by atoms with E-state index in [1.54, 1.807) is 18.0 Å². The standard InChI is InChI=1S/C16H13FN2O/c1-19-14-8-3-2-7-13(14)16(18-10-15(19)20)11-5-4-6-12(17)9-11/h2-10,16H,1H3. The van der Waals surface area contributed by atoms with Gasteiger partial charge in [0.05, 0.1) is 6.21 Å². The normalized spacial score (nSPS) is 17.8. The van der Waals surface area contributed by atoms with E-state index in [0.29, 0.717) is 0 Å². The maximum absolute atomic E-state index is 13.4. The molecule has 0 saturated heterocycles. The van der Waals surface area contributed by atoms with Crippen LogP contribution < -0.4 is 4.90 Å². The summed E-state index contributed by atoms with van der Waals surface area (Å²) in [6, 6.07) is 13.5. The topological polar surface area (TPSA) is 32.7 Å². The first kappa shape index (κ1) is 12.5. The van der Waals surface area contributed by atoms with Crippen molar-refractivity contribution in [3.05, 3.63) is 65.5 Å². The summed E-state index contributed by atoms with van der Waals surface area (Å²) in [5.74, 6) is -0.490. The molecule has 1 aliphatic rings. The first-order valence-electron chi connectivity index (χ1n) is 6.32. The Hall–Kier alpha value is -2.49. The van der Waals surface area contributed by atoms with Crippen molar-refractivity contribution in [3.63, 3.8) is 0 Å². The lowest BCUT2D eigenvalue weighted by molar-refractivity contribution is -0.111. The fraction of sp³-hybridized carbons (Fsp3) is 0.125. The predicted molar refractivity (Wildman–Crippen MR) is 76.6 cm³/mol. The summed E-state index contributed by atoms with van der Waals surface area (Å²) in [5, 5.41) is 0. The number of fused-ring (bicyclic) bond motifs is 1. The number of carbonyl (C=O) groups is 1. The highest BCUT2D eigenvalue weighted by atomic mass is 19.1. The summed E-state index contributed by atoms with van der Waals surface area (Å²) in [6.07, 6.45) is 1.30. The molecular formula is C16H13FN2O. The van der Waals surface area contributed by atoms with Gasteiger partial charge in [-0.05, 0) is 23.8 Å². The highest BCUT2D eigenvalue weighted by Gasteiger charge is 2.23. The molecule has 3 rings (SSSR count). The van der Waals surface area contributed by atoms with Crippen LogP contribution in [0.4, 0.5) is 10.1 Å². The van der Waals surface area contributed by atoms with Gasteiger partial charge < -0.3 is 4.90 Å². The molecular weight excluding hydrogens is 255 g/mol. The molecule has 3 nitrogen and oxygen atoms in total. The molecule has 1 amide bonds. The summed E-state index contributed by atoms with van der Waals surface area (Å²) in [4.78, 5) is 17.8. The Morgan fingerprint density at radius 1 is 1.15 bits per heavy atom. The number of rotatable bonds is 1. The van der Waals surface area contributed by atoms with Gasteiger partial charge in [0, 0.05) is 18.3 Å². The van der Waals surface area contributed by atoms with E-state index in [9.17, 15) is 9.18 Å². The lowest BCUT2D eigenvalue weighted by Crippen LogP contribution is -2.26. The van der Waals surface area contributed by atoms with Crippen molar-refractivity contribution >= 4 is 17.8 Å². The number of nitrogens with zero attached hydrogens (tertiary/aromatic N) is 2. The van der Waals surface area contributed by atoms with Crippen LogP contribution in [0.25, 0.3) is 0 Å². The van der Waals surface area contributed by atoms with Crippen molar-refractivity contribution < 1.29 is 9.18 Å². The number of benzene rings is 2. The van der Waals surface area contributed by atoms with Crippen LogP contribution in [0.1, 0.15) is 17.2 Å². The third-order valence-corrected chi connectivity index (χ3v) is 3.42. The van der Waals surface area contributed by atoms with Gasteiger partial charge in [0.2, 0.25) is 0 Å². The molecule has 0 N–H and O–H groups in total. The van der Waals surface area contributed by atoms with Crippen LogP contribution in [0, 0.1) is 5.82 Å². The van der Waals surface area contributed by atoms with Crippen molar-refractivity contribution in [3.8, 4) is 0 Å². The molecule has 1 unspecified atom stereocenters. The van der Waals surface area contributed by atoms with Gasteiger partial charge in [0.1, 0.15) is 11.9 Å². The smallest absolute Gasteiger partial charge is 0.268 e. The summed E-state index contributed by atoms with van der Waals surface area (Å²) in [6.45, 7) is 0. The van der Waals surface area contributed by atoms with Gasteiger partial charge in [-0.25, -0.2) is 4.39 Å². The van der Waals surface area contributed by atoms with Crippen LogP contribution in [0.3, 0.4) is 0 Å². The second-order valence-corrected chi connectivity index (χ2v) is 4.69. The second-order valence-electron chi connectivity index (χ2n) is 4.69. The van der Waals surface area contributed by atoms with Gasteiger partial charge in [-0.3, -0.25) is 9.79 Å². The summed E-state index contributed by atoms with van der Waals surface area (Å²) < 4.78 is 13.4. The Labute approximate surface area is 116 Å². The molecule has 0 aromatic heterocycles. The van der Waals surface area contributed by atoms with Crippen molar-refractivity contribution in [2.75, 3.05) is 11.9 Å². The van der Waals surface area contributed by atoms with Gasteiger partial charge in [0.15, 0.2) is 0 Å². The van der Waals surface area contributed by atoms with Crippen molar-refractivity contribution in [2.24, 2.45) is 4.99 Å². The molecule has 1 atom stereocenters. The molecule has 0 spiro atoms. The fourth-order valence-corrected chi connectivity index (χ4v) is 2.39. The molecule has 100 valence electrons.